The smallest absolute Gasteiger partial charge is 0.224 e. The summed E-state index contributed by atoms with van der Waals surface area (Å²) in [5.74, 6) is 3.10. The minimum atomic E-state index is 0.310. The monoisotopic (exact) mass is 318 g/mol. The number of piperidine rings is 2. The molecular formula is C18H30N4O. The molecule has 2 saturated heterocycles. The molecule has 0 atom stereocenters. The van der Waals surface area contributed by atoms with Gasteiger partial charge in [-0.05, 0) is 50.6 Å². The van der Waals surface area contributed by atoms with Crippen LogP contribution in [-0.4, -0.2) is 46.5 Å². The van der Waals surface area contributed by atoms with Crippen molar-refractivity contribution < 1.29 is 4.79 Å². The minimum Gasteiger partial charge on any atom is -0.343 e. The zero-order valence-corrected chi connectivity index (χ0v) is 14.3. The highest BCUT2D eigenvalue weighted by molar-refractivity contribution is 5.76. The maximum Gasteiger partial charge on any atom is 0.224 e. The second kappa shape index (κ2) is 7.95. The van der Waals surface area contributed by atoms with Crippen LogP contribution in [0.2, 0.25) is 0 Å². The number of aryl methyl sites for hydroxylation is 2. The lowest BCUT2D eigenvalue weighted by molar-refractivity contribution is -0.133. The van der Waals surface area contributed by atoms with Gasteiger partial charge in [0.2, 0.25) is 5.91 Å². The summed E-state index contributed by atoms with van der Waals surface area (Å²) in [4.78, 5) is 18.9. The van der Waals surface area contributed by atoms with Crippen LogP contribution in [-0.2, 0) is 17.8 Å². The van der Waals surface area contributed by atoms with Crippen LogP contribution >= 0.6 is 0 Å². The zero-order valence-electron chi connectivity index (χ0n) is 14.3. The van der Waals surface area contributed by atoms with E-state index in [0.29, 0.717) is 12.3 Å². The van der Waals surface area contributed by atoms with Gasteiger partial charge in [0.15, 0.2) is 0 Å². The summed E-state index contributed by atoms with van der Waals surface area (Å²) in [6, 6.07) is 0. The van der Waals surface area contributed by atoms with E-state index in [-0.39, 0.29) is 0 Å². The highest BCUT2D eigenvalue weighted by atomic mass is 16.2. The fourth-order valence-electron chi connectivity index (χ4n) is 4.17. The Labute approximate surface area is 139 Å². The predicted molar refractivity (Wildman–Crippen MR) is 91.1 cm³/mol. The van der Waals surface area contributed by atoms with E-state index in [0.717, 1.165) is 43.7 Å². The van der Waals surface area contributed by atoms with Crippen LogP contribution in [0.4, 0.5) is 0 Å². The van der Waals surface area contributed by atoms with Gasteiger partial charge in [0.25, 0.3) is 0 Å². The largest absolute Gasteiger partial charge is 0.343 e. The molecule has 2 fully saturated rings. The van der Waals surface area contributed by atoms with Crippen LogP contribution in [0, 0.1) is 11.8 Å². The number of carbonyl (C=O) groups is 1. The Morgan fingerprint density at radius 3 is 2.61 bits per heavy atom. The molecule has 23 heavy (non-hydrogen) atoms. The van der Waals surface area contributed by atoms with Gasteiger partial charge in [-0.25, -0.2) is 4.98 Å². The molecule has 5 heteroatoms. The number of aromatic nitrogens is 2. The van der Waals surface area contributed by atoms with Crippen LogP contribution in [0.1, 0.15) is 44.9 Å². The molecule has 2 aliphatic rings. The molecule has 0 bridgehead atoms. The molecule has 2 aliphatic heterocycles. The van der Waals surface area contributed by atoms with E-state index in [1.807, 2.05) is 12.4 Å². The first kappa shape index (κ1) is 16.5. The Kier molecular flexibility index (Phi) is 5.70. The van der Waals surface area contributed by atoms with E-state index in [4.69, 9.17) is 0 Å². The average Bonchev–Trinajstić information content (AvgIpc) is 3.08. The van der Waals surface area contributed by atoms with Crippen molar-refractivity contribution in [1.82, 2.24) is 19.8 Å². The van der Waals surface area contributed by atoms with Crippen LogP contribution in [0.15, 0.2) is 12.4 Å². The summed E-state index contributed by atoms with van der Waals surface area (Å²) < 4.78 is 2.11. The molecule has 1 aromatic rings. The summed E-state index contributed by atoms with van der Waals surface area (Å²) in [5, 5.41) is 3.45. The van der Waals surface area contributed by atoms with Crippen molar-refractivity contribution >= 4 is 5.91 Å². The van der Waals surface area contributed by atoms with Crippen molar-refractivity contribution in [2.75, 3.05) is 26.2 Å². The Hall–Kier alpha value is -1.36. The molecule has 0 saturated carbocycles. The van der Waals surface area contributed by atoms with E-state index < -0.39 is 0 Å². The van der Waals surface area contributed by atoms with Crippen LogP contribution in [0.5, 0.6) is 0 Å². The molecular weight excluding hydrogens is 288 g/mol. The average molecular weight is 318 g/mol. The summed E-state index contributed by atoms with van der Waals surface area (Å²) in [6.45, 7) is 7.13. The number of nitrogens with zero attached hydrogens (tertiary/aromatic N) is 3. The predicted octanol–water partition coefficient (Wildman–Crippen LogP) is 2.07. The number of carbonyl (C=O) groups excluding carboxylic acids is 1. The van der Waals surface area contributed by atoms with Crippen molar-refractivity contribution in [3.63, 3.8) is 0 Å². The first-order valence-corrected chi connectivity index (χ1v) is 9.26. The number of rotatable bonds is 5. The van der Waals surface area contributed by atoms with Crippen molar-refractivity contribution in [3.05, 3.63) is 18.2 Å². The fraction of sp³-hybridized carbons (Fsp3) is 0.778. The molecule has 0 aliphatic carbocycles. The van der Waals surface area contributed by atoms with Gasteiger partial charge < -0.3 is 14.8 Å². The summed E-state index contributed by atoms with van der Waals surface area (Å²) >= 11 is 0. The van der Waals surface area contributed by atoms with Crippen molar-refractivity contribution in [2.45, 2.75) is 52.0 Å². The minimum absolute atomic E-state index is 0.310. The molecule has 0 radical (unpaired) electrons. The molecule has 1 amide bonds. The van der Waals surface area contributed by atoms with Crippen molar-refractivity contribution in [3.8, 4) is 0 Å². The molecule has 0 spiro atoms. The van der Waals surface area contributed by atoms with E-state index >= 15 is 0 Å². The Morgan fingerprint density at radius 2 is 1.91 bits per heavy atom. The van der Waals surface area contributed by atoms with Gasteiger partial charge in [0.1, 0.15) is 5.82 Å². The number of hydrogen-bond donors (Lipinski definition) is 1. The number of nitrogens with one attached hydrogen (secondary N) is 1. The number of hydrogen-bond acceptors (Lipinski definition) is 3. The quantitative estimate of drug-likeness (QED) is 0.904. The summed E-state index contributed by atoms with van der Waals surface area (Å²) in [5.41, 5.74) is 0. The van der Waals surface area contributed by atoms with E-state index in [1.54, 1.807) is 0 Å². The topological polar surface area (TPSA) is 50.2 Å². The molecule has 128 valence electrons. The SMILES string of the molecule is CCc1nccn1CCC(=O)N1CCC(C2CCNCC2)CC1. The first-order chi connectivity index (χ1) is 11.3. The molecule has 3 heterocycles. The third-order valence-electron chi connectivity index (χ3n) is 5.63. The summed E-state index contributed by atoms with van der Waals surface area (Å²) in [6.07, 6.45) is 10.4. The highest BCUT2D eigenvalue weighted by Gasteiger charge is 2.29. The maximum absolute atomic E-state index is 12.5. The number of imidazole rings is 1. The number of amides is 1. The van der Waals surface area contributed by atoms with E-state index in [1.165, 1.54) is 38.8 Å². The molecule has 0 unspecified atom stereocenters. The molecule has 1 aromatic heterocycles. The van der Waals surface area contributed by atoms with Crippen molar-refractivity contribution in [2.24, 2.45) is 11.8 Å². The normalized spacial score (nSPS) is 20.8. The van der Waals surface area contributed by atoms with Gasteiger partial charge in [-0.3, -0.25) is 4.79 Å². The lowest BCUT2D eigenvalue weighted by Gasteiger charge is -2.37. The van der Waals surface area contributed by atoms with Crippen molar-refractivity contribution in [1.29, 1.82) is 0 Å². The maximum atomic E-state index is 12.5. The van der Waals surface area contributed by atoms with Crippen LogP contribution < -0.4 is 5.32 Å². The Balaban J connectivity index is 1.43. The van der Waals surface area contributed by atoms with Gasteiger partial charge in [-0.1, -0.05) is 6.92 Å². The molecule has 5 nitrogen and oxygen atoms in total. The van der Waals surface area contributed by atoms with Gasteiger partial charge in [-0.15, -0.1) is 0 Å². The standard InChI is InChI=1S/C18H30N4O/c1-2-17-20-10-14-21(17)13-7-18(23)22-11-5-16(6-12-22)15-3-8-19-9-4-15/h10,14-16,19H,2-9,11-13H2,1H3. The lowest BCUT2D eigenvalue weighted by Crippen LogP contribution is -2.42. The van der Waals surface area contributed by atoms with Crippen LogP contribution in [0.25, 0.3) is 0 Å². The highest BCUT2D eigenvalue weighted by Crippen LogP contribution is 2.30. The third kappa shape index (κ3) is 4.14. The molecule has 1 N–H and O–H groups in total. The Morgan fingerprint density at radius 1 is 1.22 bits per heavy atom. The number of likely N-dealkylation sites (tertiary alicyclic amines) is 1. The van der Waals surface area contributed by atoms with Crippen LogP contribution in [0.3, 0.4) is 0 Å². The second-order valence-corrected chi connectivity index (χ2v) is 6.95. The molecule has 3 rings (SSSR count). The summed E-state index contributed by atoms with van der Waals surface area (Å²) in [7, 11) is 0. The Bertz CT molecular complexity index is 499. The van der Waals surface area contributed by atoms with E-state index in [9.17, 15) is 4.79 Å². The second-order valence-electron chi connectivity index (χ2n) is 6.95. The van der Waals surface area contributed by atoms with Gasteiger partial charge in [0.05, 0.1) is 0 Å². The lowest BCUT2D eigenvalue weighted by atomic mass is 9.79. The fourth-order valence-corrected chi connectivity index (χ4v) is 4.17. The first-order valence-electron chi connectivity index (χ1n) is 9.26. The van der Waals surface area contributed by atoms with Gasteiger partial charge in [-0.2, -0.15) is 0 Å². The van der Waals surface area contributed by atoms with E-state index in [2.05, 4.69) is 26.7 Å². The molecule has 0 aromatic carbocycles. The van der Waals surface area contributed by atoms with Gasteiger partial charge >= 0.3 is 0 Å². The van der Waals surface area contributed by atoms with Gasteiger partial charge in [0, 0.05) is 44.9 Å². The zero-order chi connectivity index (χ0) is 16.1. The third-order valence-corrected chi connectivity index (χ3v) is 5.63.